The van der Waals surface area contributed by atoms with E-state index in [1.165, 1.54) is 47.7 Å². The molecule has 0 amide bonds. The van der Waals surface area contributed by atoms with Gasteiger partial charge in [-0.25, -0.2) is 73.0 Å². The minimum Gasteiger partial charge on any atom is -0.394 e. The minimum absolute atomic E-state index is 0.0572. The number of nitrogens with zero attached hydrogens (tertiary/aromatic N) is 21. The molecule has 7 saturated heterocycles. The fourth-order valence-corrected chi connectivity index (χ4v) is 15.2. The number of halogens is 2. The second-order valence-corrected chi connectivity index (χ2v) is 29.9. The Bertz CT molecular complexity index is 5290. The number of imidazole rings is 4. The van der Waals surface area contributed by atoms with Crippen molar-refractivity contribution in [2.45, 2.75) is 182 Å². The molecular weight excluding hydrogens is 1590 g/mol. The third-order valence-electron chi connectivity index (χ3n) is 19.1. The standard InChI is InChI=1S/2C11H14N4O2.C10H13FN2O5.2C10H13N5O2.C8H10FN3O3S.C8H11N3O3S/c2*1-7-10-11(13-5-12-7)15(6-14-10)9-3-2-8(4-16)17-9;1-4-2-13(10(17)12-8(4)16)9-6(11)7(15)5(3-14)18-9;2*1-5-8-9(14-10(11)13-5)15(4-12-8)6-2-3-7(16)17-6;9-4-1-12(8(14)11-7(4)10)5-3-15-6(2-13)16-5;9-5-1-2-11(8(13)10-5)6-4-14-7(3-12)15-6/h2*5-6,8-9,16H,2-4H2,1H3;2,5-7,9,14-15H,3H2,1H3,(H,12,16,17);2*4,6-7,16H,2-3H2,1H3,(H2,11,13,14);1,5-6,13H,2-3H2,(H2,10,11,14);1-2,6-7,12H,3-4H2,(H2,9,10,13)/t;;5-,6+,7-,9-;;;;/m..0..../s1. The van der Waals surface area contributed by atoms with Crippen LogP contribution in [0.4, 0.5) is 32.3 Å². The van der Waals surface area contributed by atoms with Crippen molar-refractivity contribution in [3.8, 4) is 0 Å². The van der Waals surface area contributed by atoms with Crippen LogP contribution >= 0.6 is 23.5 Å². The van der Waals surface area contributed by atoms with Crippen LogP contribution in [0.3, 0.4) is 0 Å². The summed E-state index contributed by atoms with van der Waals surface area (Å²) < 4.78 is 75.4. The van der Waals surface area contributed by atoms with Crippen molar-refractivity contribution >= 4 is 91.7 Å². The maximum atomic E-state index is 13.8. The van der Waals surface area contributed by atoms with E-state index in [-0.39, 0.29) is 110 Å². The molecule has 630 valence electrons. The van der Waals surface area contributed by atoms with E-state index in [9.17, 15) is 43.3 Å². The van der Waals surface area contributed by atoms with Crippen LogP contribution in [0.25, 0.3) is 44.7 Å². The summed E-state index contributed by atoms with van der Waals surface area (Å²) >= 11 is 2.63. The molecule has 11 aromatic heterocycles. The Morgan fingerprint density at radius 3 is 1.35 bits per heavy atom. The molecule has 7 aliphatic heterocycles. The van der Waals surface area contributed by atoms with Gasteiger partial charge in [-0.1, -0.05) is 0 Å². The van der Waals surface area contributed by atoms with Crippen molar-refractivity contribution in [1.29, 1.82) is 0 Å². The van der Waals surface area contributed by atoms with E-state index >= 15 is 0 Å². The third kappa shape index (κ3) is 20.0. The average Bonchev–Trinajstić information content (AvgIpc) is 1.64. The molecule has 7 aliphatic rings. The zero-order chi connectivity index (χ0) is 83.6. The van der Waals surface area contributed by atoms with Crippen LogP contribution in [0.5, 0.6) is 0 Å². The molecular formula is C68H88F2N26O19S2. The lowest BCUT2D eigenvalue weighted by Crippen LogP contribution is -2.36. The molecule has 0 aromatic carbocycles. The smallest absolute Gasteiger partial charge is 0.350 e. The van der Waals surface area contributed by atoms with Gasteiger partial charge in [0, 0.05) is 37.0 Å². The van der Waals surface area contributed by atoms with Gasteiger partial charge in [-0.2, -0.15) is 19.9 Å². The number of hydrogen-bond donors (Lipinski definition) is 13. The predicted octanol–water partition coefficient (Wildman–Crippen LogP) is -0.317. The quantitative estimate of drug-likeness (QED) is 0.0745. The molecule has 0 radical (unpaired) electrons. The highest BCUT2D eigenvalue weighted by Crippen LogP contribution is 2.38. The minimum atomic E-state index is -1.86. The Morgan fingerprint density at radius 2 is 0.932 bits per heavy atom. The second-order valence-electron chi connectivity index (χ2n) is 27.2. The fourth-order valence-electron chi connectivity index (χ4n) is 13.1. The van der Waals surface area contributed by atoms with Gasteiger partial charge in [-0.3, -0.25) is 41.7 Å². The molecule has 0 aliphatic carbocycles. The molecule has 16 atom stereocenters. The Kier molecular flexibility index (Phi) is 28.3. The highest BCUT2D eigenvalue weighted by molar-refractivity contribution is 8.00. The number of anilines is 4. The maximum Gasteiger partial charge on any atom is 0.350 e. The molecule has 0 spiro atoms. The Morgan fingerprint density at radius 1 is 0.487 bits per heavy atom. The summed E-state index contributed by atoms with van der Waals surface area (Å²) in [5.41, 5.74) is 28.1. The largest absolute Gasteiger partial charge is 0.394 e. The molecule has 49 heteroatoms. The normalized spacial score (nSPS) is 25.9. The number of aliphatic hydroxyl groups is 8. The Balaban J connectivity index is 0.000000126. The van der Waals surface area contributed by atoms with Gasteiger partial charge in [0.05, 0.1) is 107 Å². The molecule has 11 aromatic rings. The number of nitrogens with two attached hydrogens (primary N) is 4. The zero-order valence-electron chi connectivity index (χ0n) is 63.5. The number of aryl methyl sites for hydroxylation is 5. The first-order valence-electron chi connectivity index (χ1n) is 36.6. The lowest BCUT2D eigenvalue weighted by Gasteiger charge is -2.15. The Hall–Kier alpha value is -10.2. The van der Waals surface area contributed by atoms with Crippen molar-refractivity contribution in [1.82, 2.24) is 107 Å². The summed E-state index contributed by atoms with van der Waals surface area (Å²) in [5.74, 6) is -0.513. The van der Waals surface area contributed by atoms with Gasteiger partial charge in [0.15, 0.2) is 59.2 Å². The summed E-state index contributed by atoms with van der Waals surface area (Å²) in [6.07, 6.45) is 11.8. The van der Waals surface area contributed by atoms with E-state index in [2.05, 4.69) is 69.8 Å². The number of alkyl halides is 1. The van der Waals surface area contributed by atoms with Crippen LogP contribution in [0.2, 0.25) is 0 Å². The van der Waals surface area contributed by atoms with Gasteiger partial charge >= 0.3 is 17.1 Å². The van der Waals surface area contributed by atoms with E-state index in [0.717, 1.165) is 105 Å². The molecule has 7 fully saturated rings. The van der Waals surface area contributed by atoms with Crippen molar-refractivity contribution in [2.75, 3.05) is 69.2 Å². The van der Waals surface area contributed by atoms with E-state index in [0.29, 0.717) is 41.8 Å². The molecule has 17 N–H and O–H groups in total. The third-order valence-corrected chi connectivity index (χ3v) is 21.7. The summed E-state index contributed by atoms with van der Waals surface area (Å²) in [6.45, 7) is 8.92. The number of thioether (sulfide) groups is 2. The fraction of sp³-hybridized carbons (Fsp3) is 0.529. The van der Waals surface area contributed by atoms with Crippen molar-refractivity contribution in [3.63, 3.8) is 0 Å². The summed E-state index contributed by atoms with van der Waals surface area (Å²) in [7, 11) is 0. The lowest BCUT2D eigenvalue weighted by atomic mass is 10.1. The number of aromatic nitrogens is 22. The van der Waals surface area contributed by atoms with Crippen LogP contribution in [-0.2, 0) is 33.2 Å². The summed E-state index contributed by atoms with van der Waals surface area (Å²) in [5, 5.41) is 72.4. The van der Waals surface area contributed by atoms with Crippen molar-refractivity contribution in [3.05, 3.63) is 139 Å². The summed E-state index contributed by atoms with van der Waals surface area (Å²) in [6, 6.07) is 1.56. The number of nitrogens with one attached hydrogen (secondary N) is 1. The molecule has 117 heavy (non-hydrogen) atoms. The molecule has 45 nitrogen and oxygen atoms in total. The first kappa shape index (κ1) is 86.1. The number of nitrogen functional groups attached to an aromatic ring is 4. The number of H-pyrrole nitrogens is 1. The van der Waals surface area contributed by atoms with Gasteiger partial charge in [0.2, 0.25) is 11.9 Å². The van der Waals surface area contributed by atoms with E-state index in [4.69, 9.17) is 81.6 Å². The SMILES string of the molecule is Cc1cn([C@H]2O[C@@H](CO)[C@H](O)[C@H]2F)c(=O)[nH]c1=O.Cc1nc(N)nc2c1ncn2C1CCC(O)O1.Cc1nc(N)nc2c1ncn2C1CCC(O)O1.Cc1ncnc2c1ncn2C1CCC(CO)O1.Cc1ncnc2c1ncn2C1CCC(CO)O1.Nc1ccn(C2COC(CO)S2)c(=O)n1.Nc1nc(=O)n(C2COC(CO)S2)cc1F. The van der Waals surface area contributed by atoms with Gasteiger partial charge in [0.1, 0.15) is 99.3 Å². The van der Waals surface area contributed by atoms with Crippen LogP contribution in [-0.4, -0.2) is 248 Å². The molecule has 0 saturated carbocycles. The topological polar surface area (TPSA) is 630 Å². The van der Waals surface area contributed by atoms with Crippen LogP contribution in [0.1, 0.15) is 122 Å². The number of rotatable bonds is 12. The average molecular weight is 1680 g/mol. The van der Waals surface area contributed by atoms with Crippen LogP contribution in [0.15, 0.2) is 81.8 Å². The van der Waals surface area contributed by atoms with E-state index < -0.39 is 83.5 Å². The molecule has 18 rings (SSSR count). The highest BCUT2D eigenvalue weighted by Gasteiger charge is 2.45. The van der Waals surface area contributed by atoms with Gasteiger partial charge < -0.3 is 96.9 Å². The number of fused-ring (bicyclic) bond motifs is 4. The van der Waals surface area contributed by atoms with E-state index in [1.807, 2.05) is 41.8 Å². The maximum absolute atomic E-state index is 13.8. The Labute approximate surface area is 668 Å². The first-order chi connectivity index (χ1) is 56.1. The highest BCUT2D eigenvalue weighted by atomic mass is 32.2. The summed E-state index contributed by atoms with van der Waals surface area (Å²) in [4.78, 5) is 105. The van der Waals surface area contributed by atoms with Crippen LogP contribution in [0, 0.1) is 40.4 Å². The first-order valence-corrected chi connectivity index (χ1v) is 38.5. The van der Waals surface area contributed by atoms with Crippen molar-refractivity contribution in [2.24, 2.45) is 0 Å². The number of aromatic amines is 1. The van der Waals surface area contributed by atoms with Gasteiger partial charge in [-0.15, -0.1) is 23.5 Å². The van der Waals surface area contributed by atoms with E-state index in [1.54, 1.807) is 46.7 Å². The van der Waals surface area contributed by atoms with Crippen molar-refractivity contribution < 1.29 is 82.8 Å². The van der Waals surface area contributed by atoms with Crippen LogP contribution < -0.4 is 45.6 Å². The predicted molar refractivity (Wildman–Crippen MR) is 411 cm³/mol. The van der Waals surface area contributed by atoms with Gasteiger partial charge in [0.25, 0.3) is 5.56 Å². The number of aliphatic hydroxyl groups excluding tert-OH is 8. The molecule has 0 bridgehead atoms. The second kappa shape index (κ2) is 38.5. The number of ether oxygens (including phenoxy) is 7. The number of hydrogen-bond acceptors (Lipinski definition) is 39. The molecule has 18 heterocycles. The lowest BCUT2D eigenvalue weighted by molar-refractivity contribution is -0.112. The monoisotopic (exact) mass is 1670 g/mol. The van der Waals surface area contributed by atoms with Gasteiger partial charge in [-0.05, 0) is 79.2 Å². The molecule has 12 unspecified atom stereocenters. The zero-order valence-corrected chi connectivity index (χ0v) is 65.1.